The molecule has 0 radical (unpaired) electrons. The highest BCUT2D eigenvalue weighted by molar-refractivity contribution is 9.11. The number of aromatic carboxylic acids is 1. The molecular formula is C10H6BrNO2S. The summed E-state index contributed by atoms with van der Waals surface area (Å²) in [6.45, 7) is 0. The van der Waals surface area contributed by atoms with Crippen molar-refractivity contribution in [3.63, 3.8) is 0 Å². The normalized spacial score (nSPS) is 10.2. The number of hydrogen-bond acceptors (Lipinski definition) is 3. The van der Waals surface area contributed by atoms with Gasteiger partial charge >= 0.3 is 5.97 Å². The number of carboxylic acid groups (broad SMARTS) is 1. The molecule has 0 saturated carbocycles. The van der Waals surface area contributed by atoms with Crippen molar-refractivity contribution in [1.82, 2.24) is 4.98 Å². The minimum atomic E-state index is -0.936. The highest BCUT2D eigenvalue weighted by atomic mass is 79.9. The topological polar surface area (TPSA) is 50.2 Å². The van der Waals surface area contributed by atoms with Crippen LogP contribution in [0.4, 0.5) is 0 Å². The van der Waals surface area contributed by atoms with Crippen LogP contribution in [0.25, 0.3) is 10.6 Å². The van der Waals surface area contributed by atoms with Crippen LogP contribution in [-0.2, 0) is 0 Å². The Labute approximate surface area is 98.5 Å². The Morgan fingerprint density at radius 2 is 2.20 bits per heavy atom. The summed E-state index contributed by atoms with van der Waals surface area (Å²) in [5.41, 5.74) is 0.940. The number of aromatic nitrogens is 1. The summed E-state index contributed by atoms with van der Waals surface area (Å²) in [5.74, 6) is -0.936. The number of rotatable bonds is 2. The largest absolute Gasteiger partial charge is 0.478 e. The van der Waals surface area contributed by atoms with Crippen LogP contribution < -0.4 is 0 Å². The second kappa shape index (κ2) is 4.12. The van der Waals surface area contributed by atoms with Gasteiger partial charge in [0.1, 0.15) is 0 Å². The first-order valence-electron chi connectivity index (χ1n) is 4.12. The fraction of sp³-hybridized carbons (Fsp3) is 0. The van der Waals surface area contributed by atoms with Crippen molar-refractivity contribution >= 4 is 33.2 Å². The van der Waals surface area contributed by atoms with E-state index in [9.17, 15) is 4.79 Å². The number of pyridine rings is 1. The van der Waals surface area contributed by atoms with Crippen molar-refractivity contribution in [1.29, 1.82) is 0 Å². The average Bonchev–Trinajstić information content (AvgIpc) is 2.65. The van der Waals surface area contributed by atoms with Crippen LogP contribution in [0.2, 0.25) is 0 Å². The molecule has 0 fully saturated rings. The first-order valence-corrected chi connectivity index (χ1v) is 5.73. The predicted molar refractivity (Wildman–Crippen MR) is 62.2 cm³/mol. The van der Waals surface area contributed by atoms with Crippen molar-refractivity contribution in [3.05, 3.63) is 39.8 Å². The van der Waals surface area contributed by atoms with Crippen molar-refractivity contribution < 1.29 is 9.90 Å². The minimum Gasteiger partial charge on any atom is -0.478 e. The Morgan fingerprint density at radius 3 is 2.80 bits per heavy atom. The van der Waals surface area contributed by atoms with Gasteiger partial charge in [-0.1, -0.05) is 0 Å². The lowest BCUT2D eigenvalue weighted by atomic mass is 10.2. The van der Waals surface area contributed by atoms with E-state index in [1.165, 1.54) is 23.6 Å². The van der Waals surface area contributed by atoms with E-state index in [0.717, 1.165) is 8.66 Å². The monoisotopic (exact) mass is 283 g/mol. The molecule has 0 saturated heterocycles. The third kappa shape index (κ3) is 2.24. The summed E-state index contributed by atoms with van der Waals surface area (Å²) in [5, 5.41) is 8.83. The van der Waals surface area contributed by atoms with Gasteiger partial charge in [-0.15, -0.1) is 11.3 Å². The summed E-state index contributed by atoms with van der Waals surface area (Å²) < 4.78 is 1.00. The molecule has 2 rings (SSSR count). The SMILES string of the molecule is O=C(O)c1ccnc(-c2ccc(Br)s2)c1. The summed E-state index contributed by atoms with van der Waals surface area (Å²) in [4.78, 5) is 15.8. The molecule has 15 heavy (non-hydrogen) atoms. The highest BCUT2D eigenvalue weighted by Crippen LogP contribution is 2.30. The Hall–Kier alpha value is -1.20. The molecule has 5 heteroatoms. The maximum absolute atomic E-state index is 10.8. The molecule has 0 bridgehead atoms. The molecule has 76 valence electrons. The van der Waals surface area contributed by atoms with Crippen LogP contribution >= 0.6 is 27.3 Å². The van der Waals surface area contributed by atoms with Gasteiger partial charge in [0.2, 0.25) is 0 Å². The molecule has 2 aromatic rings. The number of thiophene rings is 1. The van der Waals surface area contributed by atoms with Crippen LogP contribution in [0.1, 0.15) is 10.4 Å². The third-order valence-corrected chi connectivity index (χ3v) is 3.48. The lowest BCUT2D eigenvalue weighted by molar-refractivity contribution is 0.0697. The molecule has 2 aromatic heterocycles. The van der Waals surface area contributed by atoms with Gasteiger partial charge in [-0.3, -0.25) is 4.98 Å². The molecule has 1 N–H and O–H groups in total. The predicted octanol–water partition coefficient (Wildman–Crippen LogP) is 3.27. The zero-order valence-corrected chi connectivity index (χ0v) is 9.88. The van der Waals surface area contributed by atoms with E-state index in [1.54, 1.807) is 6.07 Å². The first kappa shape index (κ1) is 10.3. The maximum atomic E-state index is 10.8. The standard InChI is InChI=1S/C10H6BrNO2S/c11-9-2-1-8(15-9)7-5-6(10(13)14)3-4-12-7/h1-5H,(H,13,14). The number of carbonyl (C=O) groups is 1. The zero-order chi connectivity index (χ0) is 10.8. The molecule has 0 aliphatic heterocycles. The molecule has 0 unspecified atom stereocenters. The van der Waals surface area contributed by atoms with Crippen molar-refractivity contribution in [2.24, 2.45) is 0 Å². The molecule has 0 aliphatic rings. The van der Waals surface area contributed by atoms with E-state index < -0.39 is 5.97 Å². The van der Waals surface area contributed by atoms with Gasteiger partial charge < -0.3 is 5.11 Å². The summed E-state index contributed by atoms with van der Waals surface area (Å²) in [6.07, 6.45) is 1.51. The molecular weight excluding hydrogens is 278 g/mol. The zero-order valence-electron chi connectivity index (χ0n) is 7.48. The van der Waals surface area contributed by atoms with Gasteiger partial charge in [-0.05, 0) is 40.2 Å². The van der Waals surface area contributed by atoms with Gasteiger partial charge in [0.05, 0.1) is 19.9 Å². The first-order chi connectivity index (χ1) is 7.16. The van der Waals surface area contributed by atoms with Crippen molar-refractivity contribution in [2.45, 2.75) is 0 Å². The van der Waals surface area contributed by atoms with Crippen LogP contribution in [0.3, 0.4) is 0 Å². The highest BCUT2D eigenvalue weighted by Gasteiger charge is 2.07. The number of hydrogen-bond donors (Lipinski definition) is 1. The van der Waals surface area contributed by atoms with Gasteiger partial charge in [0.15, 0.2) is 0 Å². The van der Waals surface area contributed by atoms with Crippen LogP contribution in [0, 0.1) is 0 Å². The minimum absolute atomic E-state index is 0.254. The quantitative estimate of drug-likeness (QED) is 0.920. The summed E-state index contributed by atoms with van der Waals surface area (Å²) in [6, 6.07) is 6.87. The fourth-order valence-corrected chi connectivity index (χ4v) is 2.50. The smallest absolute Gasteiger partial charge is 0.335 e. The van der Waals surface area contributed by atoms with E-state index in [0.29, 0.717) is 5.69 Å². The summed E-state index contributed by atoms with van der Waals surface area (Å²) in [7, 11) is 0. The van der Waals surface area contributed by atoms with Gasteiger partial charge in [-0.2, -0.15) is 0 Å². The average molecular weight is 284 g/mol. The van der Waals surface area contributed by atoms with Crippen LogP contribution in [0.5, 0.6) is 0 Å². The summed E-state index contributed by atoms with van der Waals surface area (Å²) >= 11 is 4.87. The molecule has 2 heterocycles. The molecule has 0 amide bonds. The number of nitrogens with zero attached hydrogens (tertiary/aromatic N) is 1. The van der Waals surface area contributed by atoms with Gasteiger partial charge in [0.25, 0.3) is 0 Å². The fourth-order valence-electron chi connectivity index (χ4n) is 1.15. The Bertz CT molecular complexity index is 510. The molecule has 0 aliphatic carbocycles. The Kier molecular flexibility index (Phi) is 2.83. The van der Waals surface area contributed by atoms with Gasteiger partial charge in [0, 0.05) is 6.20 Å². The van der Waals surface area contributed by atoms with Crippen LogP contribution in [0.15, 0.2) is 34.2 Å². The Morgan fingerprint density at radius 1 is 1.40 bits per heavy atom. The van der Waals surface area contributed by atoms with Crippen molar-refractivity contribution in [3.8, 4) is 10.6 Å². The molecule has 0 aromatic carbocycles. The van der Waals surface area contributed by atoms with E-state index in [-0.39, 0.29) is 5.56 Å². The van der Waals surface area contributed by atoms with Gasteiger partial charge in [-0.25, -0.2) is 4.79 Å². The number of halogens is 1. The lowest BCUT2D eigenvalue weighted by Crippen LogP contribution is -1.96. The van der Waals surface area contributed by atoms with E-state index >= 15 is 0 Å². The Balaban J connectivity index is 2.45. The van der Waals surface area contributed by atoms with E-state index in [2.05, 4.69) is 20.9 Å². The van der Waals surface area contributed by atoms with Crippen molar-refractivity contribution in [2.75, 3.05) is 0 Å². The molecule has 0 atom stereocenters. The van der Waals surface area contributed by atoms with E-state index in [4.69, 9.17) is 5.11 Å². The maximum Gasteiger partial charge on any atom is 0.335 e. The second-order valence-corrected chi connectivity index (χ2v) is 5.30. The third-order valence-electron chi connectivity index (χ3n) is 1.83. The van der Waals surface area contributed by atoms with Crippen LogP contribution in [-0.4, -0.2) is 16.1 Å². The van der Waals surface area contributed by atoms with E-state index in [1.807, 2.05) is 12.1 Å². The molecule has 3 nitrogen and oxygen atoms in total. The molecule has 0 spiro atoms. The second-order valence-electron chi connectivity index (χ2n) is 2.84. The number of carboxylic acids is 1. The lowest BCUT2D eigenvalue weighted by Gasteiger charge is -1.97.